The van der Waals surface area contributed by atoms with Crippen LogP contribution in [0.1, 0.15) is 86.5 Å². The summed E-state index contributed by atoms with van der Waals surface area (Å²) in [5.74, 6) is 1.24. The first-order valence-corrected chi connectivity index (χ1v) is 14.6. The summed E-state index contributed by atoms with van der Waals surface area (Å²) in [5, 5.41) is 0. The topological polar surface area (TPSA) is 84.9 Å². The Morgan fingerprint density at radius 2 is 1.67 bits per heavy atom. The molecule has 1 aliphatic heterocycles. The van der Waals surface area contributed by atoms with E-state index in [1.807, 2.05) is 46.4 Å². The van der Waals surface area contributed by atoms with Gasteiger partial charge in [-0.25, -0.2) is 0 Å². The average molecular weight is 505 g/mol. The molecule has 33 heavy (non-hydrogen) atoms. The Morgan fingerprint density at radius 1 is 0.970 bits per heavy atom. The van der Waals surface area contributed by atoms with Crippen molar-refractivity contribution in [3.05, 3.63) is 0 Å². The highest BCUT2D eigenvalue weighted by atomic mass is 33.1. The van der Waals surface area contributed by atoms with E-state index in [9.17, 15) is 14.4 Å². The van der Waals surface area contributed by atoms with E-state index in [0.29, 0.717) is 32.4 Å². The third-order valence-corrected chi connectivity index (χ3v) is 7.32. The number of Topliss-reactive ketones (excluding diaryl/α,β-unsaturated/α-hetero) is 1. The predicted octanol–water partition coefficient (Wildman–Crippen LogP) is 4.78. The van der Waals surface area contributed by atoms with Gasteiger partial charge in [0.2, 0.25) is 11.8 Å². The van der Waals surface area contributed by atoms with E-state index in [1.165, 1.54) is 11.0 Å². The van der Waals surface area contributed by atoms with E-state index >= 15 is 0 Å². The molecule has 9 heteroatoms. The molecule has 1 aliphatic rings. The lowest BCUT2D eigenvalue weighted by molar-refractivity contribution is -0.134. The van der Waals surface area contributed by atoms with Gasteiger partial charge in [0.1, 0.15) is 5.78 Å². The molecule has 0 unspecified atom stereocenters. The highest BCUT2D eigenvalue weighted by Crippen LogP contribution is 2.25. The van der Waals surface area contributed by atoms with Crippen molar-refractivity contribution in [2.24, 2.45) is 5.92 Å². The lowest BCUT2D eigenvalue weighted by atomic mass is 10.0. The molecule has 0 aromatic carbocycles. The average Bonchev–Trinajstić information content (AvgIpc) is 3.13. The minimum absolute atomic E-state index is 0.0122. The first-order chi connectivity index (χ1) is 15.6. The standard InChI is InChI=1S/C24H44N2O5S2/c1-17(2)22(27)10-7-8-11-23(28)25-33-32-13-9-12-24(29)26-15-21(31-19(5)6)14-20(26)16-30-18(3)4/h17-21H,7-16H2,1-6H3,(H,25,28)/t20-,21+/m0/s1. The quantitative estimate of drug-likeness (QED) is 0.173. The Balaban J connectivity index is 2.21. The summed E-state index contributed by atoms with van der Waals surface area (Å²) >= 11 is 0. The molecule has 0 saturated carbocycles. The van der Waals surface area contributed by atoms with Crippen molar-refractivity contribution in [2.75, 3.05) is 18.9 Å². The number of likely N-dealkylation sites (tertiary alicyclic amines) is 1. The second-order valence-electron chi connectivity index (χ2n) is 9.49. The summed E-state index contributed by atoms with van der Waals surface area (Å²) in [6.07, 6.45) is 4.87. The van der Waals surface area contributed by atoms with Crippen LogP contribution < -0.4 is 4.72 Å². The number of amides is 2. The third-order valence-electron chi connectivity index (χ3n) is 5.34. The Labute approximate surface area is 208 Å². The van der Waals surface area contributed by atoms with Crippen LogP contribution in [0.25, 0.3) is 0 Å². The van der Waals surface area contributed by atoms with Crippen molar-refractivity contribution in [1.29, 1.82) is 0 Å². The molecule has 0 radical (unpaired) electrons. The van der Waals surface area contributed by atoms with Gasteiger partial charge in [-0.05, 0) is 53.4 Å². The zero-order chi connectivity index (χ0) is 24.8. The van der Waals surface area contributed by atoms with E-state index in [0.717, 1.165) is 31.4 Å². The van der Waals surface area contributed by atoms with Gasteiger partial charge in [-0.1, -0.05) is 24.6 Å². The molecular weight excluding hydrogens is 460 g/mol. The molecule has 7 nitrogen and oxygen atoms in total. The van der Waals surface area contributed by atoms with Crippen LogP contribution in [0, 0.1) is 5.92 Å². The maximum atomic E-state index is 12.8. The lowest BCUT2D eigenvalue weighted by Crippen LogP contribution is -2.39. The second kappa shape index (κ2) is 16.8. The fraction of sp³-hybridized carbons (Fsp3) is 0.875. The minimum atomic E-state index is -0.0122. The summed E-state index contributed by atoms with van der Waals surface area (Å²) in [5.41, 5.74) is 0. The van der Waals surface area contributed by atoms with Gasteiger partial charge in [0.05, 0.1) is 31.0 Å². The van der Waals surface area contributed by atoms with Crippen molar-refractivity contribution >= 4 is 39.4 Å². The van der Waals surface area contributed by atoms with Crippen molar-refractivity contribution in [3.63, 3.8) is 0 Å². The fourth-order valence-corrected chi connectivity index (χ4v) is 5.25. The molecule has 2 amide bonds. The van der Waals surface area contributed by atoms with Gasteiger partial charge in [-0.2, -0.15) is 0 Å². The maximum absolute atomic E-state index is 12.8. The van der Waals surface area contributed by atoms with Gasteiger partial charge in [0, 0.05) is 48.5 Å². The minimum Gasteiger partial charge on any atom is -0.377 e. The molecule has 0 aliphatic carbocycles. The van der Waals surface area contributed by atoms with Crippen LogP contribution in [0.3, 0.4) is 0 Å². The number of nitrogens with zero attached hydrogens (tertiary/aromatic N) is 1. The van der Waals surface area contributed by atoms with E-state index in [1.54, 1.807) is 10.8 Å². The summed E-state index contributed by atoms with van der Waals surface area (Å²) in [6.45, 7) is 13.0. The highest BCUT2D eigenvalue weighted by Gasteiger charge is 2.36. The summed E-state index contributed by atoms with van der Waals surface area (Å²) in [4.78, 5) is 38.2. The molecule has 0 bridgehead atoms. The number of hydrogen-bond donors (Lipinski definition) is 1. The van der Waals surface area contributed by atoms with Crippen molar-refractivity contribution in [2.45, 2.75) is 111 Å². The molecule has 1 fully saturated rings. The molecule has 1 rings (SSSR count). The SMILES string of the molecule is CC(C)OC[C@@H]1C[C@@H](OC(C)C)CN1C(=O)CCCSSNC(=O)CCCCC(=O)C(C)C. The van der Waals surface area contributed by atoms with Gasteiger partial charge in [-0.3, -0.25) is 19.1 Å². The van der Waals surface area contributed by atoms with E-state index in [2.05, 4.69) is 4.72 Å². The zero-order valence-electron chi connectivity index (χ0n) is 21.3. The first-order valence-electron chi connectivity index (χ1n) is 12.3. The molecular formula is C24H44N2O5S2. The van der Waals surface area contributed by atoms with Crippen molar-refractivity contribution in [3.8, 4) is 0 Å². The van der Waals surface area contributed by atoms with E-state index in [-0.39, 0.29) is 47.9 Å². The fourth-order valence-electron chi connectivity index (χ4n) is 3.59. The number of rotatable bonds is 17. The van der Waals surface area contributed by atoms with Crippen molar-refractivity contribution < 1.29 is 23.9 Å². The summed E-state index contributed by atoms with van der Waals surface area (Å²) < 4.78 is 14.6. The van der Waals surface area contributed by atoms with Gasteiger partial charge in [-0.15, -0.1) is 0 Å². The number of ketones is 1. The van der Waals surface area contributed by atoms with Crippen LogP contribution in [0.4, 0.5) is 0 Å². The maximum Gasteiger partial charge on any atom is 0.230 e. The van der Waals surface area contributed by atoms with E-state index < -0.39 is 0 Å². The van der Waals surface area contributed by atoms with Gasteiger partial charge >= 0.3 is 0 Å². The normalized spacial score (nSPS) is 18.5. The molecule has 2 atom stereocenters. The number of carbonyl (C=O) groups is 3. The third kappa shape index (κ3) is 13.6. The second-order valence-corrected chi connectivity index (χ2v) is 11.7. The number of carbonyl (C=O) groups excluding carboxylic acids is 3. The molecule has 1 saturated heterocycles. The van der Waals surface area contributed by atoms with Crippen LogP contribution in [0.15, 0.2) is 0 Å². The van der Waals surface area contributed by atoms with Crippen LogP contribution in [-0.4, -0.2) is 65.8 Å². The van der Waals surface area contributed by atoms with Crippen LogP contribution in [0.5, 0.6) is 0 Å². The molecule has 1 N–H and O–H groups in total. The summed E-state index contributed by atoms with van der Waals surface area (Å²) in [7, 11) is 2.87. The van der Waals surface area contributed by atoms with Crippen LogP contribution in [0.2, 0.25) is 0 Å². The largest absolute Gasteiger partial charge is 0.377 e. The van der Waals surface area contributed by atoms with Crippen LogP contribution in [-0.2, 0) is 23.9 Å². The van der Waals surface area contributed by atoms with Crippen LogP contribution >= 0.6 is 21.8 Å². The number of ether oxygens (including phenoxy) is 2. The van der Waals surface area contributed by atoms with Gasteiger partial charge in [0.15, 0.2) is 0 Å². The molecule has 192 valence electrons. The van der Waals surface area contributed by atoms with Gasteiger partial charge in [0.25, 0.3) is 0 Å². The lowest BCUT2D eigenvalue weighted by Gasteiger charge is -2.25. The highest BCUT2D eigenvalue weighted by molar-refractivity contribution is 8.76. The molecule has 0 spiro atoms. The molecule has 0 aromatic rings. The van der Waals surface area contributed by atoms with E-state index in [4.69, 9.17) is 9.47 Å². The Bertz CT molecular complexity index is 601. The Hall–Kier alpha value is -0.770. The number of hydrogen-bond acceptors (Lipinski definition) is 7. The Morgan fingerprint density at radius 3 is 2.30 bits per heavy atom. The molecule has 0 aromatic heterocycles. The first kappa shape index (κ1) is 30.3. The molecule has 1 heterocycles. The van der Waals surface area contributed by atoms with Crippen molar-refractivity contribution in [1.82, 2.24) is 9.62 Å². The number of nitrogens with one attached hydrogen (secondary N) is 1. The van der Waals surface area contributed by atoms with Gasteiger partial charge < -0.3 is 14.4 Å². The smallest absolute Gasteiger partial charge is 0.230 e. The summed E-state index contributed by atoms with van der Waals surface area (Å²) in [6, 6.07) is 0.0702. The zero-order valence-corrected chi connectivity index (χ0v) is 22.9. The number of unbranched alkanes of at least 4 members (excludes halogenated alkanes) is 1. The predicted molar refractivity (Wildman–Crippen MR) is 137 cm³/mol. The Kier molecular flexibility index (Phi) is 15.4. The monoisotopic (exact) mass is 504 g/mol.